The fraction of sp³-hybridized carbons (Fsp3) is 0.300. The number of aromatic carboxylic acids is 1. The SMILES string of the molecule is CC1(C)C=Cc2cc(C(=O)O)[nH]c21. The molecule has 0 atom stereocenters. The Labute approximate surface area is 76.1 Å². The molecule has 3 nitrogen and oxygen atoms in total. The molecule has 3 heteroatoms. The minimum atomic E-state index is -0.904. The average Bonchev–Trinajstić information content (AvgIpc) is 2.53. The Morgan fingerprint density at radius 2 is 2.23 bits per heavy atom. The van der Waals surface area contributed by atoms with Crippen molar-refractivity contribution < 1.29 is 9.90 Å². The third-order valence-electron chi connectivity index (χ3n) is 2.40. The van der Waals surface area contributed by atoms with Gasteiger partial charge in [0.15, 0.2) is 0 Å². The molecule has 1 aliphatic rings. The first-order valence-corrected chi connectivity index (χ1v) is 4.17. The molecule has 2 rings (SSSR count). The third kappa shape index (κ3) is 1.08. The highest BCUT2D eigenvalue weighted by Gasteiger charge is 2.28. The van der Waals surface area contributed by atoms with Crippen LogP contribution in [0.2, 0.25) is 0 Å². The molecule has 1 aliphatic carbocycles. The molecule has 0 spiro atoms. The highest BCUT2D eigenvalue weighted by atomic mass is 16.4. The molecule has 0 bridgehead atoms. The standard InChI is InChI=1S/C10H11NO2/c1-10(2)4-3-6-5-7(9(12)13)11-8(6)10/h3-5,11H,1-2H3,(H,12,13). The van der Waals surface area contributed by atoms with Gasteiger partial charge in [-0.15, -0.1) is 0 Å². The van der Waals surface area contributed by atoms with Gasteiger partial charge < -0.3 is 10.1 Å². The van der Waals surface area contributed by atoms with Crippen LogP contribution in [0.25, 0.3) is 6.08 Å². The van der Waals surface area contributed by atoms with Crippen molar-refractivity contribution in [1.29, 1.82) is 0 Å². The second-order valence-electron chi connectivity index (χ2n) is 3.87. The molecule has 0 fully saturated rings. The van der Waals surface area contributed by atoms with E-state index >= 15 is 0 Å². The Bertz CT molecular complexity index is 399. The van der Waals surface area contributed by atoms with Crippen LogP contribution in [0.15, 0.2) is 12.1 Å². The van der Waals surface area contributed by atoms with Crippen molar-refractivity contribution in [3.63, 3.8) is 0 Å². The molecule has 0 amide bonds. The molecule has 1 heterocycles. The lowest BCUT2D eigenvalue weighted by Crippen LogP contribution is -2.12. The summed E-state index contributed by atoms with van der Waals surface area (Å²) in [7, 11) is 0. The molecule has 68 valence electrons. The van der Waals surface area contributed by atoms with Crippen LogP contribution in [0.3, 0.4) is 0 Å². The maximum atomic E-state index is 10.7. The topological polar surface area (TPSA) is 53.1 Å². The van der Waals surface area contributed by atoms with E-state index in [0.717, 1.165) is 11.3 Å². The van der Waals surface area contributed by atoms with Crippen molar-refractivity contribution in [2.45, 2.75) is 19.3 Å². The Balaban J connectivity index is 2.54. The Morgan fingerprint density at radius 3 is 2.77 bits per heavy atom. The monoisotopic (exact) mass is 177 g/mol. The van der Waals surface area contributed by atoms with E-state index < -0.39 is 5.97 Å². The van der Waals surface area contributed by atoms with Gasteiger partial charge in [-0.1, -0.05) is 26.0 Å². The van der Waals surface area contributed by atoms with E-state index in [9.17, 15) is 4.79 Å². The van der Waals surface area contributed by atoms with Gasteiger partial charge in [0, 0.05) is 11.1 Å². The van der Waals surface area contributed by atoms with Crippen LogP contribution >= 0.6 is 0 Å². The molecule has 0 saturated carbocycles. The fourth-order valence-electron chi connectivity index (χ4n) is 1.63. The zero-order valence-corrected chi connectivity index (χ0v) is 7.59. The first kappa shape index (κ1) is 8.10. The van der Waals surface area contributed by atoms with Gasteiger partial charge in [-0.25, -0.2) is 4.79 Å². The number of allylic oxidation sites excluding steroid dienone is 1. The van der Waals surface area contributed by atoms with Gasteiger partial charge in [0.05, 0.1) is 0 Å². The van der Waals surface area contributed by atoms with Crippen LogP contribution in [0, 0.1) is 0 Å². The number of nitrogens with one attached hydrogen (secondary N) is 1. The van der Waals surface area contributed by atoms with Gasteiger partial charge in [0.25, 0.3) is 0 Å². The van der Waals surface area contributed by atoms with E-state index in [-0.39, 0.29) is 11.1 Å². The van der Waals surface area contributed by atoms with Crippen LogP contribution in [0.4, 0.5) is 0 Å². The van der Waals surface area contributed by atoms with Crippen LogP contribution in [-0.2, 0) is 5.41 Å². The summed E-state index contributed by atoms with van der Waals surface area (Å²) in [5, 5.41) is 8.76. The summed E-state index contributed by atoms with van der Waals surface area (Å²) < 4.78 is 0. The van der Waals surface area contributed by atoms with Gasteiger partial charge in [-0.2, -0.15) is 0 Å². The van der Waals surface area contributed by atoms with Crippen molar-refractivity contribution in [2.24, 2.45) is 0 Å². The van der Waals surface area contributed by atoms with Crippen LogP contribution in [0.5, 0.6) is 0 Å². The first-order chi connectivity index (χ1) is 6.00. The zero-order chi connectivity index (χ0) is 9.64. The predicted octanol–water partition coefficient (Wildman–Crippen LogP) is 2.02. The summed E-state index contributed by atoms with van der Waals surface area (Å²) in [5.74, 6) is -0.904. The second-order valence-corrected chi connectivity index (χ2v) is 3.87. The van der Waals surface area contributed by atoms with E-state index in [1.807, 2.05) is 6.08 Å². The molecule has 1 aromatic heterocycles. The molecule has 0 aromatic carbocycles. The number of hydrogen-bond acceptors (Lipinski definition) is 1. The molecule has 0 unspecified atom stereocenters. The van der Waals surface area contributed by atoms with Gasteiger partial charge in [-0.05, 0) is 11.6 Å². The van der Waals surface area contributed by atoms with Crippen LogP contribution in [0.1, 0.15) is 35.6 Å². The number of carboxylic acids is 1. The summed E-state index contributed by atoms with van der Waals surface area (Å²) >= 11 is 0. The number of aromatic amines is 1. The molecule has 0 aliphatic heterocycles. The largest absolute Gasteiger partial charge is 0.477 e. The smallest absolute Gasteiger partial charge is 0.352 e. The predicted molar refractivity (Wildman–Crippen MR) is 49.8 cm³/mol. The molecule has 1 aromatic rings. The third-order valence-corrected chi connectivity index (χ3v) is 2.40. The van der Waals surface area contributed by atoms with E-state index in [0.29, 0.717) is 0 Å². The Hall–Kier alpha value is -1.51. The lowest BCUT2D eigenvalue weighted by atomic mass is 9.93. The van der Waals surface area contributed by atoms with Gasteiger partial charge in [0.1, 0.15) is 5.69 Å². The molecular weight excluding hydrogens is 166 g/mol. The first-order valence-electron chi connectivity index (χ1n) is 4.17. The van der Waals surface area contributed by atoms with Crippen molar-refractivity contribution in [3.05, 3.63) is 29.1 Å². The minimum Gasteiger partial charge on any atom is -0.477 e. The van der Waals surface area contributed by atoms with Crippen LogP contribution < -0.4 is 0 Å². The second kappa shape index (κ2) is 2.25. The molecule has 13 heavy (non-hydrogen) atoms. The van der Waals surface area contributed by atoms with E-state index in [2.05, 4.69) is 24.9 Å². The number of rotatable bonds is 1. The zero-order valence-electron chi connectivity index (χ0n) is 7.59. The lowest BCUT2D eigenvalue weighted by molar-refractivity contribution is 0.0691. The lowest BCUT2D eigenvalue weighted by Gasteiger charge is -2.14. The summed E-state index contributed by atoms with van der Waals surface area (Å²) in [6.07, 6.45) is 4.03. The molecular formula is C10H11NO2. The van der Waals surface area contributed by atoms with Crippen LogP contribution in [-0.4, -0.2) is 16.1 Å². The summed E-state index contributed by atoms with van der Waals surface area (Å²) in [5.41, 5.74) is 2.18. The number of H-pyrrole nitrogens is 1. The van der Waals surface area contributed by atoms with E-state index in [1.54, 1.807) is 6.07 Å². The number of fused-ring (bicyclic) bond motifs is 1. The minimum absolute atomic E-state index is 0.0664. The van der Waals surface area contributed by atoms with Crippen molar-refractivity contribution in [3.8, 4) is 0 Å². The van der Waals surface area contributed by atoms with E-state index in [1.165, 1.54) is 0 Å². The van der Waals surface area contributed by atoms with Crippen molar-refractivity contribution in [2.75, 3.05) is 0 Å². The number of carbonyl (C=O) groups is 1. The average molecular weight is 177 g/mol. The van der Waals surface area contributed by atoms with E-state index in [4.69, 9.17) is 5.11 Å². The van der Waals surface area contributed by atoms with Crippen molar-refractivity contribution in [1.82, 2.24) is 4.98 Å². The fourth-order valence-corrected chi connectivity index (χ4v) is 1.63. The van der Waals surface area contributed by atoms with Crippen molar-refractivity contribution >= 4 is 12.0 Å². The Morgan fingerprint density at radius 1 is 1.54 bits per heavy atom. The number of carboxylic acid groups (broad SMARTS) is 1. The van der Waals surface area contributed by atoms with Gasteiger partial charge >= 0.3 is 5.97 Å². The Kier molecular flexibility index (Phi) is 1.40. The normalized spacial score (nSPS) is 17.4. The molecule has 0 saturated heterocycles. The maximum Gasteiger partial charge on any atom is 0.352 e. The molecule has 2 N–H and O–H groups in total. The highest BCUT2D eigenvalue weighted by Crippen LogP contribution is 2.34. The van der Waals surface area contributed by atoms with Gasteiger partial charge in [0.2, 0.25) is 0 Å². The summed E-state index contributed by atoms with van der Waals surface area (Å²) in [6, 6.07) is 1.67. The van der Waals surface area contributed by atoms with Gasteiger partial charge in [-0.3, -0.25) is 0 Å². The number of hydrogen-bond donors (Lipinski definition) is 2. The maximum absolute atomic E-state index is 10.7. The summed E-state index contributed by atoms with van der Waals surface area (Å²) in [6.45, 7) is 4.11. The molecule has 0 radical (unpaired) electrons. The highest BCUT2D eigenvalue weighted by molar-refractivity contribution is 5.87. The number of aromatic nitrogens is 1. The quantitative estimate of drug-likeness (QED) is 0.689. The summed E-state index contributed by atoms with van der Waals surface area (Å²) in [4.78, 5) is 13.6.